The van der Waals surface area contributed by atoms with Crippen LogP contribution < -0.4 is 0 Å². The number of aliphatic imine (C=N–C) groups is 1. The third-order valence-corrected chi connectivity index (χ3v) is 4.28. The number of rotatable bonds is 6. The second kappa shape index (κ2) is 8.91. The highest BCUT2D eigenvalue weighted by Crippen LogP contribution is 2.30. The number of esters is 1. The van der Waals surface area contributed by atoms with Crippen LogP contribution in [0.4, 0.5) is 18.9 Å². The quantitative estimate of drug-likeness (QED) is 0.381. The molecular weight excluding hydrogens is 369 g/mol. The molecule has 0 aromatic heterocycles. The molecule has 0 atom stereocenters. The molecular formula is C21H23F3N2O2. The van der Waals surface area contributed by atoms with Crippen LogP contribution in [-0.2, 0) is 17.5 Å². The highest BCUT2D eigenvalue weighted by atomic mass is 19.4. The van der Waals surface area contributed by atoms with Gasteiger partial charge >= 0.3 is 12.1 Å². The van der Waals surface area contributed by atoms with Gasteiger partial charge in [-0.1, -0.05) is 12.1 Å². The summed E-state index contributed by atoms with van der Waals surface area (Å²) in [4.78, 5) is 18.7. The number of halogens is 3. The van der Waals surface area contributed by atoms with E-state index in [1.807, 2.05) is 25.8 Å². The van der Waals surface area contributed by atoms with Gasteiger partial charge in [0.25, 0.3) is 0 Å². The lowest BCUT2D eigenvalue weighted by molar-refractivity contribution is -0.137. The first-order valence-electron chi connectivity index (χ1n) is 8.80. The van der Waals surface area contributed by atoms with Crippen molar-refractivity contribution >= 4 is 18.0 Å². The number of nitrogens with zero attached hydrogens (tertiary/aromatic N) is 2. The van der Waals surface area contributed by atoms with Crippen molar-refractivity contribution < 1.29 is 22.7 Å². The molecule has 0 bridgehead atoms. The van der Waals surface area contributed by atoms with Crippen molar-refractivity contribution in [3.05, 3.63) is 64.2 Å². The van der Waals surface area contributed by atoms with Crippen LogP contribution in [0.15, 0.2) is 41.4 Å². The summed E-state index contributed by atoms with van der Waals surface area (Å²) in [5.41, 5.74) is 2.11. The van der Waals surface area contributed by atoms with Crippen LogP contribution in [0.2, 0.25) is 0 Å². The van der Waals surface area contributed by atoms with Crippen LogP contribution in [0.5, 0.6) is 0 Å². The van der Waals surface area contributed by atoms with Gasteiger partial charge < -0.3 is 9.64 Å². The number of alkyl halides is 3. The molecule has 0 aliphatic rings. The molecule has 2 aromatic carbocycles. The molecule has 0 N–H and O–H groups in total. The van der Waals surface area contributed by atoms with E-state index in [9.17, 15) is 18.0 Å². The summed E-state index contributed by atoms with van der Waals surface area (Å²) in [5, 5.41) is 0. The Hall–Kier alpha value is -2.83. The number of hydrogen-bond donors (Lipinski definition) is 0. The molecule has 0 amide bonds. The molecule has 0 aliphatic carbocycles. The lowest BCUT2D eigenvalue weighted by Crippen LogP contribution is -2.14. The zero-order chi connectivity index (χ0) is 20.9. The maximum absolute atomic E-state index is 12.8. The topological polar surface area (TPSA) is 41.9 Å². The molecule has 0 unspecified atom stereocenters. The van der Waals surface area contributed by atoms with Gasteiger partial charge in [0.05, 0.1) is 23.2 Å². The Morgan fingerprint density at radius 1 is 1.18 bits per heavy atom. The van der Waals surface area contributed by atoms with E-state index < -0.39 is 17.7 Å². The van der Waals surface area contributed by atoms with E-state index in [1.54, 1.807) is 25.4 Å². The smallest absolute Gasteiger partial charge is 0.416 e. The van der Waals surface area contributed by atoms with Gasteiger partial charge in [0.2, 0.25) is 0 Å². The predicted molar refractivity (Wildman–Crippen MR) is 103 cm³/mol. The first-order valence-corrected chi connectivity index (χ1v) is 8.80. The van der Waals surface area contributed by atoms with E-state index in [-0.39, 0.29) is 12.2 Å². The van der Waals surface area contributed by atoms with Crippen LogP contribution in [0, 0.1) is 13.8 Å². The third kappa shape index (κ3) is 5.58. The van der Waals surface area contributed by atoms with Crippen LogP contribution >= 0.6 is 0 Å². The molecule has 0 heterocycles. The minimum atomic E-state index is -4.43. The minimum absolute atomic E-state index is 0.234. The summed E-state index contributed by atoms with van der Waals surface area (Å²) in [6.07, 6.45) is -2.72. The molecule has 2 rings (SSSR count). The summed E-state index contributed by atoms with van der Waals surface area (Å²) in [5.74, 6) is -0.584. The Morgan fingerprint density at radius 3 is 2.54 bits per heavy atom. The van der Waals surface area contributed by atoms with Gasteiger partial charge in [0, 0.05) is 13.6 Å². The third-order valence-electron chi connectivity index (χ3n) is 4.28. The summed E-state index contributed by atoms with van der Waals surface area (Å²) < 4.78 is 43.6. The predicted octanol–water partition coefficient (Wildman–Crippen LogP) is 5.29. The molecule has 0 saturated heterocycles. The first kappa shape index (κ1) is 21.5. The van der Waals surface area contributed by atoms with Gasteiger partial charge in [-0.25, -0.2) is 9.79 Å². The van der Waals surface area contributed by atoms with Crippen LogP contribution in [0.1, 0.15) is 39.5 Å². The first-order chi connectivity index (χ1) is 13.1. The Kier molecular flexibility index (Phi) is 6.83. The monoisotopic (exact) mass is 392 g/mol. The standard InChI is InChI=1S/C21H23F3N2O2/c1-5-26(4)13-25-19-10-14(2)18(9-15(19)3)20(27)28-12-16-7-6-8-17(11-16)21(22,23)24/h6-11,13H,5,12H2,1-4H3. The second-order valence-electron chi connectivity index (χ2n) is 6.55. The van der Waals surface area contributed by atoms with E-state index in [0.29, 0.717) is 11.1 Å². The summed E-state index contributed by atoms with van der Waals surface area (Å²) in [6.45, 7) is 6.20. The molecule has 150 valence electrons. The maximum Gasteiger partial charge on any atom is 0.416 e. The molecule has 28 heavy (non-hydrogen) atoms. The average Bonchev–Trinajstić information content (AvgIpc) is 2.65. The largest absolute Gasteiger partial charge is 0.457 e. The number of benzene rings is 2. The molecule has 2 aromatic rings. The maximum atomic E-state index is 12.8. The van der Waals surface area contributed by atoms with Crippen molar-refractivity contribution in [2.45, 2.75) is 33.6 Å². The molecule has 7 heteroatoms. The fourth-order valence-corrected chi connectivity index (χ4v) is 2.47. The fourth-order valence-electron chi connectivity index (χ4n) is 2.47. The molecule has 0 saturated carbocycles. The summed E-state index contributed by atoms with van der Waals surface area (Å²) in [6, 6.07) is 8.21. The summed E-state index contributed by atoms with van der Waals surface area (Å²) >= 11 is 0. The number of carbonyl (C=O) groups is 1. The highest BCUT2D eigenvalue weighted by Gasteiger charge is 2.30. The number of hydrogen-bond acceptors (Lipinski definition) is 3. The van der Waals surface area contributed by atoms with Crippen molar-refractivity contribution in [2.24, 2.45) is 4.99 Å². The van der Waals surface area contributed by atoms with E-state index in [1.165, 1.54) is 12.1 Å². The number of ether oxygens (including phenoxy) is 1. The van der Waals surface area contributed by atoms with Crippen LogP contribution in [0.3, 0.4) is 0 Å². The van der Waals surface area contributed by atoms with E-state index in [4.69, 9.17) is 4.74 Å². The Bertz CT molecular complexity index is 876. The molecule has 0 aliphatic heterocycles. The van der Waals surface area contributed by atoms with E-state index in [0.717, 1.165) is 29.9 Å². The van der Waals surface area contributed by atoms with Gasteiger partial charge in [-0.2, -0.15) is 13.2 Å². The van der Waals surface area contributed by atoms with Crippen molar-refractivity contribution in [2.75, 3.05) is 13.6 Å². The van der Waals surface area contributed by atoms with Crippen molar-refractivity contribution in [1.29, 1.82) is 0 Å². The van der Waals surface area contributed by atoms with Gasteiger partial charge in [-0.3, -0.25) is 0 Å². The van der Waals surface area contributed by atoms with Gasteiger partial charge in [-0.15, -0.1) is 0 Å². The number of carbonyl (C=O) groups excluding carboxylic acids is 1. The van der Waals surface area contributed by atoms with Crippen molar-refractivity contribution in [3.63, 3.8) is 0 Å². The highest BCUT2D eigenvalue weighted by molar-refractivity contribution is 5.92. The fraction of sp³-hybridized carbons (Fsp3) is 0.333. The minimum Gasteiger partial charge on any atom is -0.457 e. The average molecular weight is 392 g/mol. The van der Waals surface area contributed by atoms with E-state index in [2.05, 4.69) is 4.99 Å². The number of aryl methyl sites for hydroxylation is 2. The lowest BCUT2D eigenvalue weighted by atomic mass is 10.0. The van der Waals surface area contributed by atoms with E-state index >= 15 is 0 Å². The SMILES string of the molecule is CCN(C)C=Nc1cc(C)c(C(=O)OCc2cccc(C(F)(F)F)c2)cc1C. The normalized spacial score (nSPS) is 11.7. The van der Waals surface area contributed by atoms with Gasteiger partial charge in [0.1, 0.15) is 6.61 Å². The van der Waals surface area contributed by atoms with Gasteiger partial charge in [-0.05, 0) is 61.7 Å². The lowest BCUT2D eigenvalue weighted by Gasteiger charge is -2.12. The molecule has 4 nitrogen and oxygen atoms in total. The Balaban J connectivity index is 2.13. The zero-order valence-corrected chi connectivity index (χ0v) is 16.3. The zero-order valence-electron chi connectivity index (χ0n) is 16.3. The van der Waals surface area contributed by atoms with Crippen molar-refractivity contribution in [3.8, 4) is 0 Å². The molecule has 0 radical (unpaired) electrons. The van der Waals surface area contributed by atoms with Gasteiger partial charge in [0.15, 0.2) is 0 Å². The summed E-state index contributed by atoms with van der Waals surface area (Å²) in [7, 11) is 1.91. The Labute approximate surface area is 162 Å². The molecule has 0 spiro atoms. The van der Waals surface area contributed by atoms with Crippen molar-refractivity contribution in [1.82, 2.24) is 4.90 Å². The van der Waals surface area contributed by atoms with Crippen LogP contribution in [-0.4, -0.2) is 30.8 Å². The second-order valence-corrected chi connectivity index (χ2v) is 6.55. The Morgan fingerprint density at radius 2 is 1.89 bits per heavy atom. The molecule has 0 fully saturated rings. The van der Waals surface area contributed by atoms with Crippen LogP contribution in [0.25, 0.3) is 0 Å².